The summed E-state index contributed by atoms with van der Waals surface area (Å²) in [6.45, 7) is 3.37. The molecule has 7 heteroatoms. The van der Waals surface area contributed by atoms with Gasteiger partial charge in [-0.2, -0.15) is 0 Å². The van der Waals surface area contributed by atoms with Gasteiger partial charge in [0.05, 0.1) is 23.2 Å². The molecule has 1 aliphatic heterocycles. The fraction of sp³-hybridized carbons (Fsp3) is 0.500. The van der Waals surface area contributed by atoms with E-state index in [1.807, 2.05) is 18.2 Å². The average Bonchev–Trinajstić information content (AvgIpc) is 2.90. The van der Waals surface area contributed by atoms with Crippen LogP contribution in [0.1, 0.15) is 18.2 Å². The van der Waals surface area contributed by atoms with Crippen LogP contribution in [0.3, 0.4) is 0 Å². The van der Waals surface area contributed by atoms with E-state index < -0.39 is 0 Å². The van der Waals surface area contributed by atoms with Crippen LogP contribution in [0.5, 0.6) is 0 Å². The molecule has 1 saturated heterocycles. The number of hydrogen-bond acceptors (Lipinski definition) is 5. The normalized spacial score (nSPS) is 17.4. The Hall–Kier alpha value is -2.11. The van der Waals surface area contributed by atoms with Gasteiger partial charge in [0.25, 0.3) is 0 Å². The molecule has 1 atom stereocenters. The Balaban J connectivity index is 1.91. The summed E-state index contributed by atoms with van der Waals surface area (Å²) in [7, 11) is 1.78. The number of fused-ring (bicyclic) bond motifs is 1. The third kappa shape index (κ3) is 3.78. The van der Waals surface area contributed by atoms with Gasteiger partial charge in [0.1, 0.15) is 12.8 Å². The molecule has 2 heterocycles. The van der Waals surface area contributed by atoms with Gasteiger partial charge in [-0.15, -0.1) is 0 Å². The van der Waals surface area contributed by atoms with Gasteiger partial charge in [-0.3, -0.25) is 14.5 Å². The number of nitrogens with one attached hydrogen (secondary N) is 2. The van der Waals surface area contributed by atoms with Crippen LogP contribution in [-0.2, 0) is 11.8 Å². The molecular formula is C18H24N4O3. The lowest BCUT2D eigenvalue weighted by atomic mass is 10.2. The van der Waals surface area contributed by atoms with Gasteiger partial charge in [-0.1, -0.05) is 17.9 Å². The number of imidazole rings is 1. The van der Waals surface area contributed by atoms with Gasteiger partial charge < -0.3 is 15.2 Å². The zero-order chi connectivity index (χ0) is 17.6. The Morgan fingerprint density at radius 2 is 2.28 bits per heavy atom. The van der Waals surface area contributed by atoms with E-state index in [1.54, 1.807) is 16.2 Å². The van der Waals surface area contributed by atoms with Crippen molar-refractivity contribution in [2.24, 2.45) is 7.05 Å². The molecule has 0 bridgehead atoms. The Labute approximate surface area is 146 Å². The van der Waals surface area contributed by atoms with Crippen molar-refractivity contribution in [3.05, 3.63) is 34.2 Å². The van der Waals surface area contributed by atoms with Crippen molar-refractivity contribution in [1.29, 1.82) is 0 Å². The van der Waals surface area contributed by atoms with Crippen molar-refractivity contribution >= 4 is 11.0 Å². The van der Waals surface area contributed by atoms with Crippen molar-refractivity contribution in [2.45, 2.75) is 12.6 Å². The molecule has 0 radical (unpaired) electrons. The fourth-order valence-electron chi connectivity index (χ4n) is 3.08. The van der Waals surface area contributed by atoms with E-state index in [1.165, 1.54) is 0 Å². The molecule has 1 fully saturated rings. The largest absolute Gasteiger partial charge is 0.396 e. The highest BCUT2D eigenvalue weighted by Crippen LogP contribution is 2.19. The first-order valence-electron chi connectivity index (χ1n) is 8.55. The van der Waals surface area contributed by atoms with Crippen molar-refractivity contribution in [3.63, 3.8) is 0 Å². The Kier molecular flexibility index (Phi) is 5.89. The minimum Gasteiger partial charge on any atom is -0.396 e. The number of hydrogen-bond donors (Lipinski definition) is 3. The highest BCUT2D eigenvalue weighted by molar-refractivity contribution is 5.83. The summed E-state index contributed by atoms with van der Waals surface area (Å²) >= 11 is 0. The first kappa shape index (κ1) is 17.7. The molecule has 3 rings (SSSR count). The van der Waals surface area contributed by atoms with Crippen molar-refractivity contribution in [3.8, 4) is 11.8 Å². The van der Waals surface area contributed by atoms with E-state index in [4.69, 9.17) is 9.84 Å². The maximum Gasteiger partial charge on any atom is 0.330 e. The van der Waals surface area contributed by atoms with Gasteiger partial charge in [0.15, 0.2) is 0 Å². The molecule has 0 amide bonds. The van der Waals surface area contributed by atoms with Crippen LogP contribution in [0.2, 0.25) is 0 Å². The maximum absolute atomic E-state index is 12.7. The predicted molar refractivity (Wildman–Crippen MR) is 96.5 cm³/mol. The van der Waals surface area contributed by atoms with Gasteiger partial charge >= 0.3 is 5.69 Å². The van der Waals surface area contributed by atoms with Crippen molar-refractivity contribution in [2.75, 3.05) is 39.5 Å². The van der Waals surface area contributed by atoms with E-state index >= 15 is 0 Å². The van der Waals surface area contributed by atoms with E-state index in [9.17, 15) is 4.79 Å². The lowest BCUT2D eigenvalue weighted by molar-refractivity contribution is 0.142. The third-order valence-corrected chi connectivity index (χ3v) is 4.28. The van der Waals surface area contributed by atoms with Crippen molar-refractivity contribution in [1.82, 2.24) is 19.8 Å². The van der Waals surface area contributed by atoms with Crippen LogP contribution < -0.4 is 16.3 Å². The average molecular weight is 344 g/mol. The van der Waals surface area contributed by atoms with Gasteiger partial charge in [0.2, 0.25) is 0 Å². The summed E-state index contributed by atoms with van der Waals surface area (Å²) in [5, 5.41) is 15.4. The molecule has 134 valence electrons. The first-order valence-corrected chi connectivity index (χ1v) is 8.55. The predicted octanol–water partition coefficient (Wildman–Crippen LogP) is -0.218. The second-order valence-electron chi connectivity index (χ2n) is 5.99. The van der Waals surface area contributed by atoms with Crippen LogP contribution >= 0.6 is 0 Å². The quantitative estimate of drug-likeness (QED) is 0.516. The van der Waals surface area contributed by atoms with Crippen LogP contribution in [-0.4, -0.2) is 53.7 Å². The number of rotatable bonds is 5. The summed E-state index contributed by atoms with van der Waals surface area (Å²) in [5.74, 6) is 6.08. The molecular weight excluding hydrogens is 320 g/mol. The Morgan fingerprint density at radius 1 is 1.40 bits per heavy atom. The summed E-state index contributed by atoms with van der Waals surface area (Å²) < 4.78 is 8.79. The maximum atomic E-state index is 12.7. The van der Waals surface area contributed by atoms with Gasteiger partial charge in [-0.05, 0) is 18.6 Å². The monoisotopic (exact) mass is 344 g/mol. The molecule has 1 aromatic heterocycles. The SMILES string of the molecule is Cn1c(=O)n(C2CNCCN2)c2cccc(C#CCOCCCO)c21. The minimum absolute atomic E-state index is 0.0513. The lowest BCUT2D eigenvalue weighted by Crippen LogP contribution is -2.48. The molecule has 3 N–H and O–H groups in total. The molecule has 0 aliphatic carbocycles. The highest BCUT2D eigenvalue weighted by Gasteiger charge is 2.21. The molecule has 1 aliphatic rings. The van der Waals surface area contributed by atoms with Crippen molar-refractivity contribution < 1.29 is 9.84 Å². The Bertz CT molecular complexity index is 838. The standard InChI is InChI=1S/C18H24N4O3/c1-21-17-14(6-3-11-25-12-4-10-23)5-2-7-15(17)22(18(21)24)16-13-19-8-9-20-16/h2,5,7,16,19-20,23H,4,8-13H2,1H3. The topological polar surface area (TPSA) is 80.5 Å². The van der Waals surface area contributed by atoms with Crippen LogP contribution in [0.15, 0.2) is 23.0 Å². The number of aliphatic hydroxyl groups excluding tert-OH is 1. The molecule has 7 nitrogen and oxygen atoms in total. The first-order chi connectivity index (χ1) is 12.2. The van der Waals surface area contributed by atoms with E-state index in [-0.39, 0.29) is 18.5 Å². The number of piperazine rings is 1. The second kappa shape index (κ2) is 8.32. The molecule has 1 unspecified atom stereocenters. The number of para-hydroxylation sites is 1. The minimum atomic E-state index is -0.0602. The van der Waals surface area contributed by atoms with Gasteiger partial charge in [0, 0.05) is 33.3 Å². The summed E-state index contributed by atoms with van der Waals surface area (Å²) in [5.41, 5.74) is 2.47. The summed E-state index contributed by atoms with van der Waals surface area (Å²) in [4.78, 5) is 12.7. The van der Waals surface area contributed by atoms with Gasteiger partial charge in [-0.25, -0.2) is 4.79 Å². The summed E-state index contributed by atoms with van der Waals surface area (Å²) in [6, 6.07) is 5.79. The molecule has 25 heavy (non-hydrogen) atoms. The number of nitrogens with zero attached hydrogens (tertiary/aromatic N) is 2. The van der Waals surface area contributed by atoms with E-state index in [0.29, 0.717) is 26.2 Å². The van der Waals surface area contributed by atoms with Crippen LogP contribution in [0.4, 0.5) is 0 Å². The fourth-order valence-corrected chi connectivity index (χ4v) is 3.08. The number of benzene rings is 1. The number of aromatic nitrogens is 2. The van der Waals surface area contributed by atoms with Crippen LogP contribution in [0.25, 0.3) is 11.0 Å². The molecule has 0 spiro atoms. The third-order valence-electron chi connectivity index (χ3n) is 4.28. The molecule has 1 aromatic carbocycles. The van der Waals surface area contributed by atoms with Crippen LogP contribution in [0, 0.1) is 11.8 Å². The zero-order valence-corrected chi connectivity index (χ0v) is 14.4. The smallest absolute Gasteiger partial charge is 0.330 e. The number of aryl methyl sites for hydroxylation is 1. The second-order valence-corrected chi connectivity index (χ2v) is 5.99. The van der Waals surface area contributed by atoms with E-state index in [0.717, 1.165) is 29.7 Å². The number of ether oxygens (including phenoxy) is 1. The summed E-state index contributed by atoms with van der Waals surface area (Å²) in [6.07, 6.45) is 0.548. The number of aliphatic hydroxyl groups is 1. The lowest BCUT2D eigenvalue weighted by Gasteiger charge is -2.25. The Morgan fingerprint density at radius 3 is 3.04 bits per heavy atom. The molecule has 0 saturated carbocycles. The zero-order valence-electron chi connectivity index (χ0n) is 14.4. The molecule has 2 aromatic rings. The highest BCUT2D eigenvalue weighted by atomic mass is 16.5. The van der Waals surface area contributed by atoms with E-state index in [2.05, 4.69) is 22.5 Å².